The molecule has 27 heavy (non-hydrogen) atoms. The number of carbonyl (C=O) groups excluding carboxylic acids is 2. The largest absolute Gasteiger partial charge is 0.481 e. The van der Waals surface area contributed by atoms with Crippen molar-refractivity contribution in [2.45, 2.75) is 45.4 Å². The number of carboxylic acids is 1. The highest BCUT2D eigenvalue weighted by atomic mass is 16.6. The van der Waals surface area contributed by atoms with Crippen LogP contribution in [0.4, 0.5) is 0 Å². The van der Waals surface area contributed by atoms with Crippen LogP contribution in [0.15, 0.2) is 0 Å². The van der Waals surface area contributed by atoms with Gasteiger partial charge in [0, 0.05) is 19.3 Å². The summed E-state index contributed by atoms with van der Waals surface area (Å²) in [5, 5.41) is 8.47. The molecule has 0 aliphatic rings. The van der Waals surface area contributed by atoms with Crippen LogP contribution in [0.3, 0.4) is 0 Å². The molecular formula is C18H32O9. The fourth-order valence-corrected chi connectivity index (χ4v) is 1.86. The molecule has 0 fully saturated rings. The maximum Gasteiger partial charge on any atom is 0.305 e. The standard InChI is InChI=1S/C18H32O9/c1-2-5-17(21)26-14-12-24-10-8-23-9-11-25-13-15-27-18(22)7-4-3-6-16(19)20/h2-15H2,1H3,(H,19,20). The second-order valence-electron chi connectivity index (χ2n) is 5.63. The minimum Gasteiger partial charge on any atom is -0.481 e. The van der Waals surface area contributed by atoms with Gasteiger partial charge < -0.3 is 28.8 Å². The lowest BCUT2D eigenvalue weighted by Gasteiger charge is -2.08. The third kappa shape index (κ3) is 20.5. The molecule has 0 saturated heterocycles. The third-order valence-corrected chi connectivity index (χ3v) is 3.20. The molecule has 0 unspecified atom stereocenters. The Morgan fingerprint density at radius 1 is 0.630 bits per heavy atom. The molecule has 9 heteroatoms. The number of hydrogen-bond donors (Lipinski definition) is 1. The molecule has 0 atom stereocenters. The second-order valence-corrected chi connectivity index (χ2v) is 5.63. The van der Waals surface area contributed by atoms with E-state index >= 15 is 0 Å². The van der Waals surface area contributed by atoms with E-state index in [4.69, 9.17) is 28.8 Å². The van der Waals surface area contributed by atoms with Crippen molar-refractivity contribution in [3.05, 3.63) is 0 Å². The predicted molar refractivity (Wildman–Crippen MR) is 95.4 cm³/mol. The maximum absolute atomic E-state index is 11.3. The average Bonchev–Trinajstić information content (AvgIpc) is 2.62. The molecule has 0 bridgehead atoms. The van der Waals surface area contributed by atoms with Crippen molar-refractivity contribution in [1.82, 2.24) is 0 Å². The number of ether oxygens (including phenoxy) is 5. The van der Waals surface area contributed by atoms with E-state index in [2.05, 4.69) is 0 Å². The van der Waals surface area contributed by atoms with E-state index in [1.165, 1.54) is 0 Å². The molecular weight excluding hydrogens is 360 g/mol. The van der Waals surface area contributed by atoms with E-state index in [9.17, 15) is 14.4 Å². The molecule has 0 saturated carbocycles. The van der Waals surface area contributed by atoms with Gasteiger partial charge in [0.2, 0.25) is 0 Å². The van der Waals surface area contributed by atoms with Gasteiger partial charge in [0.1, 0.15) is 13.2 Å². The summed E-state index contributed by atoms with van der Waals surface area (Å²) >= 11 is 0. The monoisotopic (exact) mass is 392 g/mol. The number of carbonyl (C=O) groups is 3. The summed E-state index contributed by atoms with van der Waals surface area (Å²) in [5.41, 5.74) is 0. The molecule has 9 nitrogen and oxygen atoms in total. The Labute approximate surface area is 160 Å². The Hall–Kier alpha value is -1.71. The Morgan fingerprint density at radius 2 is 1.04 bits per heavy atom. The fraction of sp³-hybridized carbons (Fsp3) is 0.833. The molecule has 0 aromatic carbocycles. The Balaban J connectivity index is 3.19. The van der Waals surface area contributed by atoms with Crippen LogP contribution in [0.2, 0.25) is 0 Å². The molecule has 0 aliphatic heterocycles. The van der Waals surface area contributed by atoms with Gasteiger partial charge in [0.05, 0.1) is 39.6 Å². The van der Waals surface area contributed by atoms with Crippen molar-refractivity contribution in [3.63, 3.8) is 0 Å². The van der Waals surface area contributed by atoms with Crippen molar-refractivity contribution in [2.24, 2.45) is 0 Å². The number of esters is 2. The zero-order valence-electron chi connectivity index (χ0n) is 16.1. The quantitative estimate of drug-likeness (QED) is 0.258. The lowest BCUT2D eigenvalue weighted by Crippen LogP contribution is -2.15. The van der Waals surface area contributed by atoms with Gasteiger partial charge in [-0.15, -0.1) is 0 Å². The Bertz CT molecular complexity index is 398. The van der Waals surface area contributed by atoms with Crippen molar-refractivity contribution >= 4 is 17.9 Å². The summed E-state index contributed by atoms with van der Waals surface area (Å²) in [6.45, 7) is 4.56. The van der Waals surface area contributed by atoms with Crippen LogP contribution in [0, 0.1) is 0 Å². The molecule has 0 aromatic rings. The number of aliphatic carboxylic acids is 1. The first-order valence-corrected chi connectivity index (χ1v) is 9.32. The number of rotatable bonds is 19. The van der Waals surface area contributed by atoms with Gasteiger partial charge in [0.15, 0.2) is 0 Å². The summed E-state index contributed by atoms with van der Waals surface area (Å²) < 4.78 is 25.7. The van der Waals surface area contributed by atoms with Gasteiger partial charge in [-0.1, -0.05) is 6.92 Å². The van der Waals surface area contributed by atoms with Crippen LogP contribution in [0.5, 0.6) is 0 Å². The van der Waals surface area contributed by atoms with Crippen molar-refractivity contribution < 1.29 is 43.2 Å². The first-order valence-electron chi connectivity index (χ1n) is 9.32. The number of hydrogen-bond acceptors (Lipinski definition) is 8. The Kier molecular flexibility index (Phi) is 17.9. The van der Waals surface area contributed by atoms with Gasteiger partial charge in [0.25, 0.3) is 0 Å². The first kappa shape index (κ1) is 25.3. The molecule has 0 radical (unpaired) electrons. The normalized spacial score (nSPS) is 10.6. The van der Waals surface area contributed by atoms with E-state index < -0.39 is 5.97 Å². The highest BCUT2D eigenvalue weighted by molar-refractivity contribution is 5.70. The zero-order valence-corrected chi connectivity index (χ0v) is 16.1. The molecule has 158 valence electrons. The highest BCUT2D eigenvalue weighted by Crippen LogP contribution is 2.01. The van der Waals surface area contributed by atoms with Crippen molar-refractivity contribution in [2.75, 3.05) is 52.9 Å². The van der Waals surface area contributed by atoms with Gasteiger partial charge in [-0.05, 0) is 19.3 Å². The maximum atomic E-state index is 11.3. The summed E-state index contributed by atoms with van der Waals surface area (Å²) in [4.78, 5) is 32.7. The Morgan fingerprint density at radius 3 is 1.48 bits per heavy atom. The topological polar surface area (TPSA) is 118 Å². The second kappa shape index (κ2) is 19.1. The summed E-state index contributed by atoms with van der Waals surface area (Å²) in [5.74, 6) is -1.42. The highest BCUT2D eigenvalue weighted by Gasteiger charge is 2.04. The van der Waals surface area contributed by atoms with Gasteiger partial charge >= 0.3 is 17.9 Å². The molecule has 0 aromatic heterocycles. The molecule has 0 amide bonds. The van der Waals surface area contributed by atoms with E-state index in [0.29, 0.717) is 52.3 Å². The van der Waals surface area contributed by atoms with Crippen LogP contribution in [0.1, 0.15) is 45.4 Å². The number of carboxylic acid groups (broad SMARTS) is 1. The fourth-order valence-electron chi connectivity index (χ4n) is 1.86. The van der Waals surface area contributed by atoms with Crippen LogP contribution in [-0.2, 0) is 38.1 Å². The van der Waals surface area contributed by atoms with Gasteiger partial charge in [-0.2, -0.15) is 0 Å². The van der Waals surface area contributed by atoms with Gasteiger partial charge in [-0.25, -0.2) is 0 Å². The average molecular weight is 392 g/mol. The smallest absolute Gasteiger partial charge is 0.305 e. The molecule has 0 heterocycles. The lowest BCUT2D eigenvalue weighted by molar-refractivity contribution is -0.146. The van der Waals surface area contributed by atoms with Crippen LogP contribution >= 0.6 is 0 Å². The van der Waals surface area contributed by atoms with Crippen LogP contribution in [-0.4, -0.2) is 75.9 Å². The van der Waals surface area contributed by atoms with E-state index in [1.807, 2.05) is 6.92 Å². The van der Waals surface area contributed by atoms with E-state index in [1.54, 1.807) is 0 Å². The minimum atomic E-state index is -0.863. The summed E-state index contributed by atoms with van der Waals surface area (Å²) in [7, 11) is 0. The summed E-state index contributed by atoms with van der Waals surface area (Å²) in [6.07, 6.45) is 2.44. The third-order valence-electron chi connectivity index (χ3n) is 3.20. The minimum absolute atomic E-state index is 0.0633. The SMILES string of the molecule is CCCC(=O)OCCOCCOCCOCCOC(=O)CCCCC(=O)O. The van der Waals surface area contributed by atoms with Crippen molar-refractivity contribution in [3.8, 4) is 0 Å². The van der Waals surface area contributed by atoms with Crippen LogP contribution < -0.4 is 0 Å². The summed E-state index contributed by atoms with van der Waals surface area (Å²) in [6, 6.07) is 0. The van der Waals surface area contributed by atoms with E-state index in [-0.39, 0.29) is 44.6 Å². The predicted octanol–water partition coefficient (Wildman–Crippen LogP) is 1.57. The zero-order chi connectivity index (χ0) is 20.2. The lowest BCUT2D eigenvalue weighted by atomic mass is 10.2. The van der Waals surface area contributed by atoms with Crippen LogP contribution in [0.25, 0.3) is 0 Å². The molecule has 0 spiro atoms. The van der Waals surface area contributed by atoms with Crippen molar-refractivity contribution in [1.29, 1.82) is 0 Å². The first-order chi connectivity index (χ1) is 13.1. The van der Waals surface area contributed by atoms with E-state index in [0.717, 1.165) is 6.42 Å². The number of unbranched alkanes of at least 4 members (excludes halogenated alkanes) is 1. The van der Waals surface area contributed by atoms with Gasteiger partial charge in [-0.3, -0.25) is 14.4 Å². The molecule has 0 aliphatic carbocycles. The molecule has 0 rings (SSSR count). The molecule has 1 N–H and O–H groups in total.